The van der Waals surface area contributed by atoms with E-state index in [1.165, 1.54) is 25.7 Å². The summed E-state index contributed by atoms with van der Waals surface area (Å²) in [5.74, 6) is 1.23. The van der Waals surface area contributed by atoms with Gasteiger partial charge in [-0.25, -0.2) is 0 Å². The van der Waals surface area contributed by atoms with Crippen molar-refractivity contribution in [1.29, 1.82) is 0 Å². The highest BCUT2D eigenvalue weighted by atomic mass is 16.5. The van der Waals surface area contributed by atoms with Crippen LogP contribution in [0.4, 0.5) is 5.95 Å². The lowest BCUT2D eigenvalue weighted by atomic mass is 10.1. The molecule has 1 aromatic heterocycles. The van der Waals surface area contributed by atoms with Crippen molar-refractivity contribution in [2.75, 3.05) is 18.0 Å². The molecule has 0 amide bonds. The SMILES string of the molecule is CC(C)C(=O)Cc1nc(N2CCCCCC2)no1. The molecule has 1 aromatic rings. The molecule has 18 heavy (non-hydrogen) atoms. The number of hydrogen-bond donors (Lipinski definition) is 0. The van der Waals surface area contributed by atoms with Crippen molar-refractivity contribution < 1.29 is 9.32 Å². The molecule has 0 aliphatic carbocycles. The van der Waals surface area contributed by atoms with Crippen molar-refractivity contribution >= 4 is 11.7 Å². The highest BCUT2D eigenvalue weighted by Gasteiger charge is 2.18. The summed E-state index contributed by atoms with van der Waals surface area (Å²) in [5, 5.41) is 3.98. The molecule has 0 spiro atoms. The summed E-state index contributed by atoms with van der Waals surface area (Å²) in [6.07, 6.45) is 5.14. The highest BCUT2D eigenvalue weighted by molar-refractivity contribution is 5.81. The van der Waals surface area contributed by atoms with Crippen molar-refractivity contribution in [2.24, 2.45) is 5.92 Å². The maximum absolute atomic E-state index is 11.6. The number of anilines is 1. The molecule has 0 radical (unpaired) electrons. The van der Waals surface area contributed by atoms with Gasteiger partial charge in [-0.05, 0) is 18.0 Å². The summed E-state index contributed by atoms with van der Waals surface area (Å²) in [6, 6.07) is 0. The first-order valence-corrected chi connectivity index (χ1v) is 6.77. The molecule has 1 aliphatic rings. The van der Waals surface area contributed by atoms with E-state index in [9.17, 15) is 4.79 Å². The number of carbonyl (C=O) groups is 1. The average Bonchev–Trinajstić information content (AvgIpc) is 2.63. The van der Waals surface area contributed by atoms with Crippen LogP contribution >= 0.6 is 0 Å². The predicted molar refractivity (Wildman–Crippen MR) is 68.5 cm³/mol. The lowest BCUT2D eigenvalue weighted by Gasteiger charge is -2.16. The third kappa shape index (κ3) is 3.31. The predicted octanol–water partition coefficient (Wildman–Crippen LogP) is 2.22. The summed E-state index contributed by atoms with van der Waals surface area (Å²) in [4.78, 5) is 18.1. The molecule has 0 bridgehead atoms. The molecule has 5 heteroatoms. The Kier molecular flexibility index (Phi) is 4.33. The third-order valence-corrected chi connectivity index (χ3v) is 3.32. The van der Waals surface area contributed by atoms with Crippen LogP contribution in [-0.4, -0.2) is 29.0 Å². The molecular formula is C13H21N3O2. The molecule has 5 nitrogen and oxygen atoms in total. The minimum absolute atomic E-state index is 0.0125. The van der Waals surface area contributed by atoms with Crippen molar-refractivity contribution in [3.05, 3.63) is 5.89 Å². The largest absolute Gasteiger partial charge is 0.338 e. The lowest BCUT2D eigenvalue weighted by molar-refractivity contribution is -0.121. The fourth-order valence-electron chi connectivity index (χ4n) is 2.07. The topological polar surface area (TPSA) is 59.2 Å². The Morgan fingerprint density at radius 1 is 1.28 bits per heavy atom. The van der Waals surface area contributed by atoms with Gasteiger partial charge in [0.05, 0.1) is 6.42 Å². The molecule has 100 valence electrons. The van der Waals surface area contributed by atoms with Gasteiger partial charge in [-0.2, -0.15) is 4.98 Å². The summed E-state index contributed by atoms with van der Waals surface area (Å²) < 4.78 is 5.16. The number of aromatic nitrogens is 2. The van der Waals surface area contributed by atoms with Crippen molar-refractivity contribution in [1.82, 2.24) is 10.1 Å². The van der Waals surface area contributed by atoms with Crippen LogP contribution in [0, 0.1) is 5.92 Å². The van der Waals surface area contributed by atoms with E-state index in [0.29, 0.717) is 11.8 Å². The quantitative estimate of drug-likeness (QED) is 0.821. The highest BCUT2D eigenvalue weighted by Crippen LogP contribution is 2.16. The molecule has 2 rings (SSSR count). The molecule has 0 atom stereocenters. The maximum Gasteiger partial charge on any atom is 0.266 e. The van der Waals surface area contributed by atoms with E-state index in [2.05, 4.69) is 15.0 Å². The van der Waals surface area contributed by atoms with Gasteiger partial charge in [0.15, 0.2) is 0 Å². The molecular weight excluding hydrogens is 230 g/mol. The van der Waals surface area contributed by atoms with E-state index in [4.69, 9.17) is 4.52 Å². The van der Waals surface area contributed by atoms with Crippen LogP contribution < -0.4 is 4.90 Å². The third-order valence-electron chi connectivity index (χ3n) is 3.32. The number of nitrogens with zero attached hydrogens (tertiary/aromatic N) is 3. The zero-order chi connectivity index (χ0) is 13.0. The molecule has 0 saturated carbocycles. The number of Topliss-reactive ketones (excluding diaryl/α,β-unsaturated/α-hetero) is 1. The van der Waals surface area contributed by atoms with Crippen LogP contribution in [0.5, 0.6) is 0 Å². The normalized spacial score (nSPS) is 16.9. The van der Waals surface area contributed by atoms with E-state index in [1.807, 2.05) is 13.8 Å². The van der Waals surface area contributed by atoms with E-state index in [-0.39, 0.29) is 18.1 Å². The van der Waals surface area contributed by atoms with Gasteiger partial charge in [0.2, 0.25) is 5.89 Å². The summed E-state index contributed by atoms with van der Waals surface area (Å²) in [5.41, 5.74) is 0. The number of rotatable bonds is 4. The Bertz CT molecular complexity index is 393. The van der Waals surface area contributed by atoms with E-state index < -0.39 is 0 Å². The van der Waals surface area contributed by atoms with Crippen molar-refractivity contribution in [3.8, 4) is 0 Å². The molecule has 0 unspecified atom stereocenters. The van der Waals surface area contributed by atoms with Crippen LogP contribution in [-0.2, 0) is 11.2 Å². The van der Waals surface area contributed by atoms with Crippen LogP contribution in [0.3, 0.4) is 0 Å². The first-order chi connectivity index (χ1) is 8.66. The zero-order valence-corrected chi connectivity index (χ0v) is 11.2. The second-order valence-corrected chi connectivity index (χ2v) is 5.19. The molecule has 1 fully saturated rings. The van der Waals surface area contributed by atoms with Crippen LogP contribution in [0.1, 0.15) is 45.4 Å². The van der Waals surface area contributed by atoms with Crippen molar-refractivity contribution in [3.63, 3.8) is 0 Å². The minimum Gasteiger partial charge on any atom is -0.338 e. The molecule has 0 aromatic carbocycles. The Labute approximate surface area is 108 Å². The van der Waals surface area contributed by atoms with Crippen LogP contribution in [0.25, 0.3) is 0 Å². The summed E-state index contributed by atoms with van der Waals surface area (Å²) >= 11 is 0. The molecule has 2 heterocycles. The average molecular weight is 251 g/mol. The van der Waals surface area contributed by atoms with Gasteiger partial charge in [-0.3, -0.25) is 4.79 Å². The van der Waals surface area contributed by atoms with E-state index in [1.54, 1.807) is 0 Å². The van der Waals surface area contributed by atoms with Gasteiger partial charge in [0.25, 0.3) is 5.95 Å². The van der Waals surface area contributed by atoms with E-state index in [0.717, 1.165) is 13.1 Å². The van der Waals surface area contributed by atoms with Crippen molar-refractivity contribution in [2.45, 2.75) is 46.0 Å². The van der Waals surface area contributed by atoms with Gasteiger partial charge < -0.3 is 9.42 Å². The lowest BCUT2D eigenvalue weighted by Crippen LogP contribution is -2.25. The molecule has 0 N–H and O–H groups in total. The Balaban J connectivity index is 1.98. The Morgan fingerprint density at radius 3 is 2.56 bits per heavy atom. The Hall–Kier alpha value is -1.39. The maximum atomic E-state index is 11.6. The minimum atomic E-state index is 0.0125. The standard InChI is InChI=1S/C13H21N3O2/c1-10(2)11(17)9-12-14-13(15-18-12)16-7-5-3-4-6-8-16/h10H,3-9H2,1-2H3. The fourth-order valence-corrected chi connectivity index (χ4v) is 2.07. The first-order valence-electron chi connectivity index (χ1n) is 6.77. The summed E-state index contributed by atoms with van der Waals surface area (Å²) in [7, 11) is 0. The van der Waals surface area contributed by atoms with Crippen LogP contribution in [0.2, 0.25) is 0 Å². The fraction of sp³-hybridized carbons (Fsp3) is 0.769. The zero-order valence-electron chi connectivity index (χ0n) is 11.2. The number of carbonyl (C=O) groups excluding carboxylic acids is 1. The van der Waals surface area contributed by atoms with Gasteiger partial charge in [0, 0.05) is 19.0 Å². The van der Waals surface area contributed by atoms with E-state index >= 15 is 0 Å². The second-order valence-electron chi connectivity index (χ2n) is 5.19. The van der Waals surface area contributed by atoms with Gasteiger partial charge >= 0.3 is 0 Å². The number of ketones is 1. The van der Waals surface area contributed by atoms with Gasteiger partial charge in [-0.1, -0.05) is 26.7 Å². The Morgan fingerprint density at radius 2 is 1.94 bits per heavy atom. The number of hydrogen-bond acceptors (Lipinski definition) is 5. The molecule has 1 aliphatic heterocycles. The summed E-state index contributed by atoms with van der Waals surface area (Å²) in [6.45, 7) is 5.73. The second kappa shape index (κ2) is 5.98. The first kappa shape index (κ1) is 13.1. The smallest absolute Gasteiger partial charge is 0.266 e. The van der Waals surface area contributed by atoms with Gasteiger partial charge in [-0.15, -0.1) is 0 Å². The van der Waals surface area contributed by atoms with Crippen LogP contribution in [0.15, 0.2) is 4.52 Å². The molecule has 1 saturated heterocycles. The van der Waals surface area contributed by atoms with Gasteiger partial charge in [0.1, 0.15) is 5.78 Å². The monoisotopic (exact) mass is 251 g/mol.